The molecular formula is C9H16ClNS. The number of rotatable bonds is 3. The van der Waals surface area contributed by atoms with Gasteiger partial charge in [-0.25, -0.2) is 0 Å². The minimum Gasteiger partial charge on any atom is -0.297 e. The third-order valence-corrected chi connectivity index (χ3v) is 3.50. The van der Waals surface area contributed by atoms with E-state index in [1.165, 1.54) is 24.3 Å². The summed E-state index contributed by atoms with van der Waals surface area (Å²) in [7, 11) is 2.13. The molecule has 12 heavy (non-hydrogen) atoms. The van der Waals surface area contributed by atoms with Crippen LogP contribution in [0.1, 0.15) is 12.8 Å². The van der Waals surface area contributed by atoms with E-state index in [1.54, 1.807) is 0 Å². The second-order valence-corrected chi connectivity index (χ2v) is 4.99. The highest BCUT2D eigenvalue weighted by Crippen LogP contribution is 2.21. The van der Waals surface area contributed by atoms with Gasteiger partial charge in [0, 0.05) is 23.4 Å². The first-order chi connectivity index (χ1) is 5.70. The predicted octanol–water partition coefficient (Wildman–Crippen LogP) is 2.57. The minimum absolute atomic E-state index is 0.708. The highest BCUT2D eigenvalue weighted by Gasteiger charge is 2.17. The summed E-state index contributed by atoms with van der Waals surface area (Å²) in [6.07, 6.45) is 2.65. The van der Waals surface area contributed by atoms with Gasteiger partial charge in [0.15, 0.2) is 0 Å². The van der Waals surface area contributed by atoms with E-state index in [4.69, 9.17) is 11.6 Å². The fourth-order valence-corrected chi connectivity index (χ4v) is 2.89. The molecule has 0 aromatic heterocycles. The van der Waals surface area contributed by atoms with Crippen LogP contribution in [0.5, 0.6) is 0 Å². The van der Waals surface area contributed by atoms with Crippen LogP contribution < -0.4 is 0 Å². The first-order valence-electron chi connectivity index (χ1n) is 4.31. The van der Waals surface area contributed by atoms with Crippen molar-refractivity contribution in [3.8, 4) is 0 Å². The predicted molar refractivity (Wildman–Crippen MR) is 58.0 cm³/mol. The lowest BCUT2D eigenvalue weighted by Crippen LogP contribution is -2.36. The molecule has 0 spiro atoms. The molecule has 0 N–H and O–H groups in total. The Hall–Kier alpha value is 0.340. The summed E-state index contributed by atoms with van der Waals surface area (Å²) >= 11 is 7.79. The zero-order valence-electron chi connectivity index (χ0n) is 7.55. The zero-order valence-corrected chi connectivity index (χ0v) is 9.13. The third kappa shape index (κ3) is 3.38. The molecule has 1 unspecified atom stereocenters. The minimum atomic E-state index is 0.708. The molecule has 1 nitrogen and oxygen atoms in total. The Labute approximate surface area is 84.1 Å². The van der Waals surface area contributed by atoms with Crippen molar-refractivity contribution in [3.05, 3.63) is 11.6 Å². The molecule has 0 amide bonds. The van der Waals surface area contributed by atoms with Crippen molar-refractivity contribution in [2.75, 3.05) is 25.1 Å². The van der Waals surface area contributed by atoms with Crippen molar-refractivity contribution in [1.29, 1.82) is 0 Å². The molecule has 1 aliphatic heterocycles. The van der Waals surface area contributed by atoms with Crippen LogP contribution in [0.15, 0.2) is 11.6 Å². The Morgan fingerprint density at radius 1 is 1.75 bits per heavy atom. The number of hydrogen-bond donors (Lipinski definition) is 0. The summed E-state index contributed by atoms with van der Waals surface area (Å²) in [5.41, 5.74) is 0. The van der Waals surface area contributed by atoms with E-state index < -0.39 is 0 Å². The molecule has 0 saturated carbocycles. The Morgan fingerprint density at radius 2 is 2.50 bits per heavy atom. The molecule has 3 heteroatoms. The van der Waals surface area contributed by atoms with E-state index in [-0.39, 0.29) is 0 Å². The fourth-order valence-electron chi connectivity index (χ4n) is 1.47. The number of hydrogen-bond acceptors (Lipinski definition) is 2. The van der Waals surface area contributed by atoms with Gasteiger partial charge >= 0.3 is 0 Å². The molecule has 0 bridgehead atoms. The summed E-state index contributed by atoms with van der Waals surface area (Å²) in [4.78, 5) is 2.31. The smallest absolute Gasteiger partial charge is 0.0335 e. The lowest BCUT2D eigenvalue weighted by Gasteiger charge is -2.30. The molecule has 70 valence electrons. The molecule has 1 heterocycles. The van der Waals surface area contributed by atoms with Gasteiger partial charge in [-0.3, -0.25) is 4.90 Å². The standard InChI is InChI=1S/C9H16ClNS/c1-8(10)6-11(2)9-4-3-5-12-7-9/h9H,1,3-7H2,2H3. The van der Waals surface area contributed by atoms with E-state index >= 15 is 0 Å². The maximum Gasteiger partial charge on any atom is 0.0335 e. The molecule has 1 aliphatic rings. The third-order valence-electron chi connectivity index (χ3n) is 2.18. The number of halogens is 1. The van der Waals surface area contributed by atoms with E-state index in [9.17, 15) is 0 Å². The lowest BCUT2D eigenvalue weighted by molar-refractivity contribution is 0.269. The van der Waals surface area contributed by atoms with Gasteiger partial charge in [0.2, 0.25) is 0 Å². The van der Waals surface area contributed by atoms with Gasteiger partial charge in [-0.05, 0) is 25.6 Å². The molecule has 0 aromatic rings. The van der Waals surface area contributed by atoms with Crippen molar-refractivity contribution in [2.45, 2.75) is 18.9 Å². The molecule has 1 rings (SSSR count). The Kier molecular flexibility index (Phi) is 4.47. The molecule has 0 aliphatic carbocycles. The summed E-state index contributed by atoms with van der Waals surface area (Å²) in [5.74, 6) is 2.58. The quantitative estimate of drug-likeness (QED) is 0.697. The highest BCUT2D eigenvalue weighted by molar-refractivity contribution is 7.99. The van der Waals surface area contributed by atoms with E-state index in [1.807, 2.05) is 11.8 Å². The van der Waals surface area contributed by atoms with Gasteiger partial charge < -0.3 is 0 Å². The zero-order chi connectivity index (χ0) is 8.97. The topological polar surface area (TPSA) is 3.24 Å². The van der Waals surface area contributed by atoms with E-state index in [2.05, 4.69) is 18.5 Å². The lowest BCUT2D eigenvalue weighted by atomic mass is 10.1. The number of thioether (sulfide) groups is 1. The first-order valence-corrected chi connectivity index (χ1v) is 5.84. The van der Waals surface area contributed by atoms with Crippen molar-refractivity contribution in [2.24, 2.45) is 0 Å². The van der Waals surface area contributed by atoms with Crippen LogP contribution in [0, 0.1) is 0 Å². The summed E-state index contributed by atoms with van der Waals surface area (Å²) < 4.78 is 0. The van der Waals surface area contributed by atoms with Crippen molar-refractivity contribution in [3.63, 3.8) is 0 Å². The average Bonchev–Trinajstić information content (AvgIpc) is 2.05. The second kappa shape index (κ2) is 5.15. The largest absolute Gasteiger partial charge is 0.297 e. The van der Waals surface area contributed by atoms with Crippen LogP contribution in [0.4, 0.5) is 0 Å². The van der Waals surface area contributed by atoms with Crippen molar-refractivity contribution >= 4 is 23.4 Å². The molecular weight excluding hydrogens is 190 g/mol. The second-order valence-electron chi connectivity index (χ2n) is 3.30. The van der Waals surface area contributed by atoms with Crippen LogP contribution in [0.2, 0.25) is 0 Å². The van der Waals surface area contributed by atoms with Gasteiger partial charge in [0.05, 0.1) is 0 Å². The maximum atomic E-state index is 5.75. The van der Waals surface area contributed by atoms with Crippen LogP contribution in [-0.2, 0) is 0 Å². The summed E-state index contributed by atoms with van der Waals surface area (Å²) in [6.45, 7) is 4.53. The summed E-state index contributed by atoms with van der Waals surface area (Å²) in [5, 5.41) is 0.744. The van der Waals surface area contributed by atoms with Gasteiger partial charge in [-0.1, -0.05) is 18.2 Å². The monoisotopic (exact) mass is 205 g/mol. The molecule has 1 atom stereocenters. The molecule has 0 aromatic carbocycles. The van der Waals surface area contributed by atoms with E-state index in [0.717, 1.165) is 11.6 Å². The molecule has 1 fully saturated rings. The van der Waals surface area contributed by atoms with Crippen LogP contribution in [-0.4, -0.2) is 36.0 Å². The van der Waals surface area contributed by atoms with Crippen molar-refractivity contribution < 1.29 is 0 Å². The number of likely N-dealkylation sites (N-methyl/N-ethyl adjacent to an activating group) is 1. The van der Waals surface area contributed by atoms with Gasteiger partial charge in [0.25, 0.3) is 0 Å². The van der Waals surface area contributed by atoms with Crippen LogP contribution >= 0.6 is 23.4 Å². The van der Waals surface area contributed by atoms with Gasteiger partial charge in [0.1, 0.15) is 0 Å². The van der Waals surface area contributed by atoms with Gasteiger partial charge in [-0.15, -0.1) is 0 Å². The Bertz CT molecular complexity index is 155. The highest BCUT2D eigenvalue weighted by atomic mass is 35.5. The first kappa shape index (κ1) is 10.4. The van der Waals surface area contributed by atoms with Crippen LogP contribution in [0.3, 0.4) is 0 Å². The van der Waals surface area contributed by atoms with E-state index in [0.29, 0.717) is 6.04 Å². The number of nitrogens with zero attached hydrogens (tertiary/aromatic N) is 1. The molecule has 0 radical (unpaired) electrons. The normalized spacial score (nSPS) is 24.4. The Morgan fingerprint density at radius 3 is 3.00 bits per heavy atom. The molecule has 1 saturated heterocycles. The average molecular weight is 206 g/mol. The Balaban J connectivity index is 2.29. The van der Waals surface area contributed by atoms with Gasteiger partial charge in [-0.2, -0.15) is 11.8 Å². The SMILES string of the molecule is C=C(Cl)CN(C)C1CCCSC1. The van der Waals surface area contributed by atoms with Crippen LogP contribution in [0.25, 0.3) is 0 Å². The maximum absolute atomic E-state index is 5.75. The summed E-state index contributed by atoms with van der Waals surface area (Å²) in [6, 6.07) is 0.708. The fraction of sp³-hybridized carbons (Fsp3) is 0.778. The van der Waals surface area contributed by atoms with Crippen molar-refractivity contribution in [1.82, 2.24) is 4.90 Å².